The molecule has 0 saturated heterocycles. The minimum atomic E-state index is -4.65. The molecule has 36 heavy (non-hydrogen) atoms. The van der Waals surface area contributed by atoms with Crippen LogP contribution in [0.1, 0.15) is 59.3 Å². The third-order valence-electron chi connectivity index (χ3n) is 6.11. The number of ketones is 1. The lowest BCUT2D eigenvalue weighted by molar-refractivity contribution is -0.138. The topological polar surface area (TPSA) is 101 Å². The molecule has 10 heteroatoms. The Balaban J connectivity index is 1.36. The standard InChI is InChI=1S/C26H24F3N3O4/c1-16(33)18-4-7-23(21(10-18)26(27,28)29)36-20-5-2-17(3-6-20)12-32-24(35)25(8-9-25)11-22(34)19-13-30-15-31-14-19/h2-7,10,13-16,33H,8-9,11-12H2,1H3,(H,32,35). The van der Waals surface area contributed by atoms with Crippen LogP contribution in [0.4, 0.5) is 13.2 Å². The summed E-state index contributed by atoms with van der Waals surface area (Å²) in [6, 6.07) is 9.72. The Kier molecular flexibility index (Phi) is 7.07. The SMILES string of the molecule is CC(O)c1ccc(Oc2ccc(CNC(=O)C3(CC(=O)c4cncnc4)CC3)cc2)c(C(F)(F)F)c1. The quantitative estimate of drug-likeness (QED) is 0.402. The highest BCUT2D eigenvalue weighted by Crippen LogP contribution is 2.49. The van der Waals surface area contributed by atoms with Crippen LogP contribution in [0.2, 0.25) is 0 Å². The Morgan fingerprint density at radius 3 is 2.36 bits per heavy atom. The number of benzene rings is 2. The van der Waals surface area contributed by atoms with E-state index in [1.807, 2.05) is 0 Å². The molecule has 1 unspecified atom stereocenters. The number of ether oxygens (including phenoxy) is 1. The van der Waals surface area contributed by atoms with Gasteiger partial charge in [-0.1, -0.05) is 18.2 Å². The van der Waals surface area contributed by atoms with Crippen molar-refractivity contribution in [1.29, 1.82) is 0 Å². The monoisotopic (exact) mass is 499 g/mol. The third kappa shape index (κ3) is 5.88. The van der Waals surface area contributed by atoms with Crippen LogP contribution in [0.3, 0.4) is 0 Å². The van der Waals surface area contributed by atoms with Crippen molar-refractivity contribution >= 4 is 11.7 Å². The van der Waals surface area contributed by atoms with Gasteiger partial charge in [-0.25, -0.2) is 9.97 Å². The lowest BCUT2D eigenvalue weighted by atomic mass is 9.95. The molecule has 2 N–H and O–H groups in total. The molecule has 1 heterocycles. The summed E-state index contributed by atoms with van der Waals surface area (Å²) in [5.41, 5.74) is -0.505. The molecule has 1 atom stereocenters. The van der Waals surface area contributed by atoms with Crippen LogP contribution in [0.25, 0.3) is 0 Å². The first-order chi connectivity index (χ1) is 17.1. The fraction of sp³-hybridized carbons (Fsp3) is 0.308. The van der Waals surface area contributed by atoms with Gasteiger partial charge in [0.15, 0.2) is 5.78 Å². The van der Waals surface area contributed by atoms with E-state index in [4.69, 9.17) is 4.74 Å². The number of nitrogens with zero attached hydrogens (tertiary/aromatic N) is 2. The van der Waals surface area contributed by atoms with Crippen molar-refractivity contribution in [3.8, 4) is 11.5 Å². The summed E-state index contributed by atoms with van der Waals surface area (Å²) >= 11 is 0. The number of aliphatic hydroxyl groups is 1. The van der Waals surface area contributed by atoms with Crippen LogP contribution >= 0.6 is 0 Å². The minimum absolute atomic E-state index is 0.0778. The van der Waals surface area contributed by atoms with Gasteiger partial charge in [0.1, 0.15) is 17.8 Å². The Bertz CT molecular complexity index is 1240. The van der Waals surface area contributed by atoms with Crippen LogP contribution < -0.4 is 10.1 Å². The number of nitrogens with one attached hydrogen (secondary N) is 1. The Morgan fingerprint density at radius 2 is 1.78 bits per heavy atom. The lowest BCUT2D eigenvalue weighted by Crippen LogP contribution is -2.33. The van der Waals surface area contributed by atoms with Crippen molar-refractivity contribution in [3.63, 3.8) is 0 Å². The van der Waals surface area contributed by atoms with E-state index < -0.39 is 23.3 Å². The summed E-state index contributed by atoms with van der Waals surface area (Å²) in [7, 11) is 0. The maximum absolute atomic E-state index is 13.5. The molecule has 2 aromatic carbocycles. The van der Waals surface area contributed by atoms with E-state index in [9.17, 15) is 27.9 Å². The second-order valence-electron chi connectivity index (χ2n) is 8.87. The predicted octanol–water partition coefficient (Wildman–Crippen LogP) is 5.01. The van der Waals surface area contributed by atoms with Crippen LogP contribution in [0, 0.1) is 5.41 Å². The van der Waals surface area contributed by atoms with Gasteiger partial charge in [0.2, 0.25) is 5.91 Å². The Morgan fingerprint density at radius 1 is 1.11 bits per heavy atom. The van der Waals surface area contributed by atoms with Crippen molar-refractivity contribution < 1.29 is 32.6 Å². The van der Waals surface area contributed by atoms with Crippen LogP contribution in [0.5, 0.6) is 11.5 Å². The number of hydrogen-bond donors (Lipinski definition) is 2. The summed E-state index contributed by atoms with van der Waals surface area (Å²) < 4.78 is 45.9. The van der Waals surface area contributed by atoms with Gasteiger partial charge in [-0.3, -0.25) is 9.59 Å². The van der Waals surface area contributed by atoms with E-state index in [0.29, 0.717) is 18.4 Å². The number of aromatic nitrogens is 2. The first-order valence-corrected chi connectivity index (χ1v) is 11.3. The van der Waals surface area contributed by atoms with Gasteiger partial charge in [0.25, 0.3) is 0 Å². The molecule has 0 bridgehead atoms. The average Bonchev–Trinajstić information content (AvgIpc) is 3.64. The summed E-state index contributed by atoms with van der Waals surface area (Å²) in [5.74, 6) is -0.600. The predicted molar refractivity (Wildman–Crippen MR) is 123 cm³/mol. The van der Waals surface area contributed by atoms with E-state index in [1.54, 1.807) is 12.1 Å². The highest BCUT2D eigenvalue weighted by molar-refractivity contribution is 6.00. The molecule has 1 aromatic heterocycles. The number of Topliss-reactive ketones (excluding diaryl/α,β-unsaturated/α-hetero) is 1. The zero-order chi connectivity index (χ0) is 25.9. The van der Waals surface area contributed by atoms with Gasteiger partial charge in [0, 0.05) is 25.4 Å². The van der Waals surface area contributed by atoms with Gasteiger partial charge in [-0.2, -0.15) is 13.2 Å². The minimum Gasteiger partial charge on any atom is -0.457 e. The van der Waals surface area contributed by atoms with Crippen LogP contribution in [-0.2, 0) is 17.5 Å². The Hall–Kier alpha value is -3.79. The fourth-order valence-electron chi connectivity index (χ4n) is 3.78. The molecule has 188 valence electrons. The number of rotatable bonds is 9. The van der Waals surface area contributed by atoms with Gasteiger partial charge in [-0.15, -0.1) is 0 Å². The van der Waals surface area contributed by atoms with Crippen molar-refractivity contribution in [2.24, 2.45) is 5.41 Å². The van der Waals surface area contributed by atoms with E-state index in [-0.39, 0.29) is 41.7 Å². The van der Waals surface area contributed by atoms with E-state index in [1.165, 1.54) is 49.9 Å². The van der Waals surface area contributed by atoms with E-state index >= 15 is 0 Å². The van der Waals surface area contributed by atoms with Gasteiger partial charge < -0.3 is 15.2 Å². The molecule has 1 aliphatic rings. The molecule has 4 rings (SSSR count). The molecule has 0 radical (unpaired) electrons. The number of alkyl halides is 3. The van der Waals surface area contributed by atoms with Crippen molar-refractivity contribution in [3.05, 3.63) is 83.4 Å². The van der Waals surface area contributed by atoms with Crippen molar-refractivity contribution in [2.45, 2.75) is 45.0 Å². The summed E-state index contributed by atoms with van der Waals surface area (Å²) in [6.07, 6.45) is -0.226. The maximum Gasteiger partial charge on any atom is 0.419 e. The number of amides is 1. The van der Waals surface area contributed by atoms with Crippen LogP contribution in [0.15, 0.2) is 61.2 Å². The summed E-state index contributed by atoms with van der Waals surface area (Å²) in [4.78, 5) is 32.8. The lowest BCUT2D eigenvalue weighted by Gasteiger charge is -2.17. The molecule has 1 aliphatic carbocycles. The average molecular weight is 499 g/mol. The number of hydrogen-bond acceptors (Lipinski definition) is 6. The summed E-state index contributed by atoms with van der Waals surface area (Å²) in [6.45, 7) is 1.58. The molecular weight excluding hydrogens is 475 g/mol. The largest absolute Gasteiger partial charge is 0.457 e. The highest BCUT2D eigenvalue weighted by atomic mass is 19.4. The molecule has 7 nitrogen and oxygen atoms in total. The summed E-state index contributed by atoms with van der Waals surface area (Å²) in [5, 5.41) is 12.4. The molecular formula is C26H24F3N3O4. The number of carbonyl (C=O) groups excluding carboxylic acids is 2. The fourth-order valence-corrected chi connectivity index (χ4v) is 3.78. The number of carbonyl (C=O) groups is 2. The van der Waals surface area contributed by atoms with Crippen LogP contribution in [-0.4, -0.2) is 26.8 Å². The molecule has 3 aromatic rings. The molecule has 1 saturated carbocycles. The number of halogens is 3. The molecule has 1 amide bonds. The highest BCUT2D eigenvalue weighted by Gasteiger charge is 2.51. The zero-order valence-corrected chi connectivity index (χ0v) is 19.4. The Labute approximate surface area is 205 Å². The second kappa shape index (κ2) is 10.1. The second-order valence-corrected chi connectivity index (χ2v) is 8.87. The first kappa shape index (κ1) is 25.3. The normalized spacial score (nSPS) is 15.1. The maximum atomic E-state index is 13.5. The van der Waals surface area contributed by atoms with Gasteiger partial charge in [-0.05, 0) is 55.2 Å². The zero-order valence-electron chi connectivity index (χ0n) is 19.4. The molecule has 0 spiro atoms. The first-order valence-electron chi connectivity index (χ1n) is 11.3. The molecule has 0 aliphatic heterocycles. The van der Waals surface area contributed by atoms with E-state index in [2.05, 4.69) is 15.3 Å². The van der Waals surface area contributed by atoms with Gasteiger partial charge >= 0.3 is 6.18 Å². The van der Waals surface area contributed by atoms with Crippen molar-refractivity contribution in [2.75, 3.05) is 0 Å². The van der Waals surface area contributed by atoms with E-state index in [0.717, 1.165) is 11.6 Å². The third-order valence-corrected chi connectivity index (χ3v) is 6.11. The van der Waals surface area contributed by atoms with Crippen molar-refractivity contribution in [1.82, 2.24) is 15.3 Å². The number of aliphatic hydroxyl groups excluding tert-OH is 1. The molecule has 1 fully saturated rings. The smallest absolute Gasteiger partial charge is 0.419 e. The van der Waals surface area contributed by atoms with Gasteiger partial charge in [0.05, 0.1) is 22.6 Å².